The monoisotopic (exact) mass is 454 g/mol. The highest BCUT2D eigenvalue weighted by Gasteiger charge is 2.15. The molecule has 1 aromatic heterocycles. The molecule has 5 nitrogen and oxygen atoms in total. The zero-order valence-electron chi connectivity index (χ0n) is 14.0. The Bertz CT molecular complexity index is 794. The number of halogens is 1. The molecular formula is C18H19BrN2O3S2. The molecule has 0 saturated heterocycles. The van der Waals surface area contributed by atoms with Crippen molar-refractivity contribution in [3.63, 3.8) is 0 Å². The van der Waals surface area contributed by atoms with Crippen LogP contribution >= 0.6 is 39.0 Å². The van der Waals surface area contributed by atoms with E-state index in [0.29, 0.717) is 25.1 Å². The summed E-state index contributed by atoms with van der Waals surface area (Å²) in [6, 6.07) is 9.63. The SMILES string of the molecule is O=C(COc1ccc2c(c1)CCC(=O)N2)NCCSCc1ccc(Br)s1. The number of amides is 2. The fourth-order valence-corrected chi connectivity index (χ4v) is 4.97. The number of nitrogens with one attached hydrogen (secondary N) is 2. The Morgan fingerprint density at radius 3 is 3.00 bits per heavy atom. The number of ether oxygens (including phenoxy) is 1. The van der Waals surface area contributed by atoms with Gasteiger partial charge < -0.3 is 15.4 Å². The van der Waals surface area contributed by atoms with Crippen LogP contribution < -0.4 is 15.4 Å². The third-order valence-electron chi connectivity index (χ3n) is 3.78. The van der Waals surface area contributed by atoms with Crippen molar-refractivity contribution in [1.29, 1.82) is 0 Å². The van der Waals surface area contributed by atoms with Gasteiger partial charge in [0.15, 0.2) is 6.61 Å². The maximum absolute atomic E-state index is 11.9. The number of aryl methyl sites for hydroxylation is 1. The normalized spacial score (nSPS) is 13.0. The number of fused-ring (bicyclic) bond motifs is 1. The van der Waals surface area contributed by atoms with Crippen LogP contribution in [-0.2, 0) is 21.8 Å². The number of thiophene rings is 1. The van der Waals surface area contributed by atoms with Gasteiger partial charge in [0.05, 0.1) is 3.79 Å². The summed E-state index contributed by atoms with van der Waals surface area (Å²) in [5.74, 6) is 2.37. The van der Waals surface area contributed by atoms with Gasteiger partial charge in [-0.3, -0.25) is 9.59 Å². The van der Waals surface area contributed by atoms with Gasteiger partial charge in [-0.05, 0) is 58.2 Å². The van der Waals surface area contributed by atoms with Crippen molar-refractivity contribution in [2.45, 2.75) is 18.6 Å². The van der Waals surface area contributed by atoms with Crippen LogP contribution in [0.15, 0.2) is 34.1 Å². The van der Waals surface area contributed by atoms with Crippen LogP contribution in [0.1, 0.15) is 16.9 Å². The topological polar surface area (TPSA) is 67.4 Å². The average molecular weight is 455 g/mol. The fourth-order valence-electron chi connectivity index (χ4n) is 2.51. The molecule has 138 valence electrons. The third-order valence-corrected chi connectivity index (χ3v) is 6.60. The third kappa shape index (κ3) is 5.75. The maximum Gasteiger partial charge on any atom is 0.257 e. The molecule has 1 aromatic carbocycles. The number of anilines is 1. The Morgan fingerprint density at radius 2 is 2.19 bits per heavy atom. The molecule has 0 bridgehead atoms. The van der Waals surface area contributed by atoms with E-state index in [9.17, 15) is 9.59 Å². The van der Waals surface area contributed by atoms with Crippen molar-refractivity contribution in [2.24, 2.45) is 0 Å². The minimum absolute atomic E-state index is 0.00627. The van der Waals surface area contributed by atoms with Gasteiger partial charge in [0, 0.05) is 35.0 Å². The lowest BCUT2D eigenvalue weighted by atomic mass is 10.0. The van der Waals surface area contributed by atoms with Crippen molar-refractivity contribution < 1.29 is 14.3 Å². The lowest BCUT2D eigenvalue weighted by Gasteiger charge is -2.17. The molecule has 1 aliphatic heterocycles. The van der Waals surface area contributed by atoms with Crippen LogP contribution in [-0.4, -0.2) is 30.7 Å². The summed E-state index contributed by atoms with van der Waals surface area (Å²) in [7, 11) is 0. The standard InChI is InChI=1S/C18H19BrN2O3S2/c19-16-5-3-14(26-16)11-25-8-7-20-18(23)10-24-13-2-4-15-12(9-13)1-6-17(22)21-15/h2-5,9H,1,6-8,10-11H2,(H,20,23)(H,21,22). The number of hydrogen-bond donors (Lipinski definition) is 2. The van der Waals surface area contributed by atoms with Crippen molar-refractivity contribution in [2.75, 3.05) is 24.2 Å². The second-order valence-corrected chi connectivity index (χ2v) is 9.42. The number of thioether (sulfide) groups is 1. The minimum Gasteiger partial charge on any atom is -0.484 e. The van der Waals surface area contributed by atoms with Gasteiger partial charge in [-0.2, -0.15) is 11.8 Å². The van der Waals surface area contributed by atoms with E-state index in [0.717, 1.165) is 26.5 Å². The largest absolute Gasteiger partial charge is 0.484 e. The van der Waals surface area contributed by atoms with Crippen molar-refractivity contribution in [1.82, 2.24) is 5.32 Å². The highest BCUT2D eigenvalue weighted by atomic mass is 79.9. The van der Waals surface area contributed by atoms with Crippen LogP contribution in [0.25, 0.3) is 0 Å². The number of carbonyl (C=O) groups excluding carboxylic acids is 2. The summed E-state index contributed by atoms with van der Waals surface area (Å²) in [6.45, 7) is 0.614. The predicted octanol–water partition coefficient (Wildman–Crippen LogP) is 3.82. The molecule has 0 fully saturated rings. The molecule has 0 radical (unpaired) electrons. The zero-order chi connectivity index (χ0) is 18.4. The van der Waals surface area contributed by atoms with Crippen molar-refractivity contribution in [3.05, 3.63) is 44.6 Å². The molecule has 2 amide bonds. The lowest BCUT2D eigenvalue weighted by Crippen LogP contribution is -2.30. The molecule has 26 heavy (non-hydrogen) atoms. The van der Waals surface area contributed by atoms with E-state index >= 15 is 0 Å². The first-order valence-electron chi connectivity index (χ1n) is 8.24. The fraction of sp³-hybridized carbons (Fsp3) is 0.333. The highest BCUT2D eigenvalue weighted by Crippen LogP contribution is 2.27. The molecule has 2 aromatic rings. The van der Waals surface area contributed by atoms with Crippen LogP contribution in [0.4, 0.5) is 5.69 Å². The van der Waals surface area contributed by atoms with E-state index in [1.807, 2.05) is 18.2 Å². The lowest BCUT2D eigenvalue weighted by molar-refractivity contribution is -0.123. The first-order chi connectivity index (χ1) is 12.6. The zero-order valence-corrected chi connectivity index (χ0v) is 17.3. The Labute approximate surface area is 169 Å². The quantitative estimate of drug-likeness (QED) is 0.594. The molecular weight excluding hydrogens is 436 g/mol. The van der Waals surface area contributed by atoms with Crippen LogP contribution in [0.3, 0.4) is 0 Å². The molecule has 0 saturated carbocycles. The van der Waals surface area contributed by atoms with Crippen LogP contribution in [0, 0.1) is 0 Å². The van der Waals surface area contributed by atoms with Crippen molar-refractivity contribution in [3.8, 4) is 5.75 Å². The van der Waals surface area contributed by atoms with E-state index in [4.69, 9.17) is 4.74 Å². The molecule has 2 heterocycles. The van der Waals surface area contributed by atoms with E-state index in [2.05, 4.69) is 32.6 Å². The van der Waals surface area contributed by atoms with Crippen LogP contribution in [0.5, 0.6) is 5.75 Å². The van der Waals surface area contributed by atoms with E-state index in [1.165, 1.54) is 4.88 Å². The molecule has 3 rings (SSSR count). The van der Waals surface area contributed by atoms with E-state index in [-0.39, 0.29) is 18.4 Å². The Balaban J connectivity index is 1.33. The first kappa shape index (κ1) is 19.3. The second kappa shape index (κ2) is 9.43. The summed E-state index contributed by atoms with van der Waals surface area (Å²) in [5, 5.41) is 5.69. The van der Waals surface area contributed by atoms with E-state index in [1.54, 1.807) is 29.2 Å². The number of hydrogen-bond acceptors (Lipinski definition) is 5. The Morgan fingerprint density at radius 1 is 1.31 bits per heavy atom. The first-order valence-corrected chi connectivity index (χ1v) is 11.0. The smallest absolute Gasteiger partial charge is 0.257 e. The summed E-state index contributed by atoms with van der Waals surface area (Å²) in [4.78, 5) is 24.6. The summed E-state index contributed by atoms with van der Waals surface area (Å²) >= 11 is 6.98. The van der Waals surface area contributed by atoms with Crippen LogP contribution in [0.2, 0.25) is 0 Å². The summed E-state index contributed by atoms with van der Waals surface area (Å²) < 4.78 is 6.70. The number of rotatable bonds is 8. The molecule has 8 heteroatoms. The van der Waals surface area contributed by atoms with Gasteiger partial charge in [0.1, 0.15) is 5.75 Å². The van der Waals surface area contributed by atoms with Gasteiger partial charge in [0.2, 0.25) is 5.91 Å². The second-order valence-electron chi connectivity index (χ2n) is 5.76. The molecule has 1 aliphatic rings. The molecule has 0 unspecified atom stereocenters. The number of benzene rings is 1. The average Bonchev–Trinajstić information content (AvgIpc) is 3.05. The van der Waals surface area contributed by atoms with Gasteiger partial charge in [-0.15, -0.1) is 11.3 Å². The molecule has 0 atom stereocenters. The Kier molecular flexibility index (Phi) is 6.99. The Hall–Kier alpha value is -1.51. The highest BCUT2D eigenvalue weighted by molar-refractivity contribution is 9.11. The van der Waals surface area contributed by atoms with E-state index < -0.39 is 0 Å². The summed E-state index contributed by atoms with van der Waals surface area (Å²) in [6.07, 6.45) is 1.18. The maximum atomic E-state index is 11.9. The van der Waals surface area contributed by atoms with Crippen molar-refractivity contribution >= 4 is 56.5 Å². The van der Waals surface area contributed by atoms with Gasteiger partial charge >= 0.3 is 0 Å². The molecule has 0 aliphatic carbocycles. The molecule has 2 N–H and O–H groups in total. The predicted molar refractivity (Wildman–Crippen MR) is 110 cm³/mol. The minimum atomic E-state index is -0.129. The number of carbonyl (C=O) groups is 2. The summed E-state index contributed by atoms with van der Waals surface area (Å²) in [5.41, 5.74) is 1.87. The van der Waals surface area contributed by atoms with Gasteiger partial charge in [-0.25, -0.2) is 0 Å². The van der Waals surface area contributed by atoms with Gasteiger partial charge in [0.25, 0.3) is 5.91 Å². The molecule has 0 spiro atoms. The van der Waals surface area contributed by atoms with Gasteiger partial charge in [-0.1, -0.05) is 0 Å².